The first-order valence-electron chi connectivity index (χ1n) is 10.8. The fraction of sp³-hybridized carbons (Fsp3) is 0.154. The molecular formula is C26H21FN2O5S. The van der Waals surface area contributed by atoms with Crippen molar-refractivity contribution < 1.29 is 28.6 Å². The van der Waals surface area contributed by atoms with Crippen molar-refractivity contribution in [3.63, 3.8) is 0 Å². The summed E-state index contributed by atoms with van der Waals surface area (Å²) in [6.07, 6.45) is 2.77. The van der Waals surface area contributed by atoms with E-state index in [-0.39, 0.29) is 27.8 Å². The third kappa shape index (κ3) is 4.63. The van der Waals surface area contributed by atoms with Crippen LogP contribution in [0.2, 0.25) is 0 Å². The van der Waals surface area contributed by atoms with Crippen LogP contribution < -0.4 is 4.90 Å². The molecule has 2 heterocycles. The van der Waals surface area contributed by atoms with Crippen LogP contribution in [0, 0.1) is 12.7 Å². The van der Waals surface area contributed by atoms with E-state index in [2.05, 4.69) is 4.98 Å². The first-order chi connectivity index (χ1) is 16.8. The second-order valence-electron chi connectivity index (χ2n) is 7.60. The van der Waals surface area contributed by atoms with Crippen LogP contribution in [0.5, 0.6) is 0 Å². The first kappa shape index (κ1) is 24.0. The van der Waals surface area contributed by atoms with E-state index in [4.69, 9.17) is 4.74 Å². The fourth-order valence-electron chi connectivity index (χ4n) is 3.74. The van der Waals surface area contributed by atoms with E-state index < -0.39 is 35.3 Å². The highest BCUT2D eigenvalue weighted by atomic mass is 32.1. The maximum atomic E-state index is 14.9. The predicted molar refractivity (Wildman–Crippen MR) is 130 cm³/mol. The van der Waals surface area contributed by atoms with E-state index in [9.17, 15) is 23.9 Å². The number of anilines is 1. The zero-order valence-electron chi connectivity index (χ0n) is 18.9. The molecule has 35 heavy (non-hydrogen) atoms. The van der Waals surface area contributed by atoms with Crippen molar-refractivity contribution in [2.24, 2.45) is 0 Å². The van der Waals surface area contributed by atoms with Gasteiger partial charge < -0.3 is 9.84 Å². The van der Waals surface area contributed by atoms with Crippen molar-refractivity contribution in [3.8, 4) is 0 Å². The Hall–Kier alpha value is -4.11. The van der Waals surface area contributed by atoms with Gasteiger partial charge >= 0.3 is 5.97 Å². The predicted octanol–water partition coefficient (Wildman–Crippen LogP) is 4.95. The Balaban J connectivity index is 1.80. The SMILES string of the molecule is CCOC(=O)c1sc(N2C(=O)C(O)=C(C(=O)/C=C/c3ccccc3)C2c2ccccc2F)nc1C. The molecule has 0 spiro atoms. The lowest BCUT2D eigenvalue weighted by Gasteiger charge is -2.24. The highest BCUT2D eigenvalue weighted by Gasteiger charge is 2.46. The Morgan fingerprint density at radius 2 is 1.86 bits per heavy atom. The molecule has 1 aromatic heterocycles. The van der Waals surface area contributed by atoms with Crippen LogP contribution in [-0.2, 0) is 14.3 Å². The Bertz CT molecular complexity index is 1360. The van der Waals surface area contributed by atoms with Crippen LogP contribution in [0.25, 0.3) is 6.08 Å². The van der Waals surface area contributed by atoms with Crippen molar-refractivity contribution in [1.82, 2.24) is 4.98 Å². The maximum absolute atomic E-state index is 14.9. The minimum Gasteiger partial charge on any atom is -0.503 e. The van der Waals surface area contributed by atoms with Crippen LogP contribution >= 0.6 is 11.3 Å². The quantitative estimate of drug-likeness (QED) is 0.370. The summed E-state index contributed by atoms with van der Waals surface area (Å²) < 4.78 is 20.0. The van der Waals surface area contributed by atoms with Crippen LogP contribution in [-0.4, -0.2) is 34.4 Å². The smallest absolute Gasteiger partial charge is 0.350 e. The van der Waals surface area contributed by atoms with Crippen molar-refractivity contribution in [1.29, 1.82) is 0 Å². The average Bonchev–Trinajstić information content (AvgIpc) is 3.35. The minimum atomic E-state index is -1.28. The molecule has 1 amide bonds. The lowest BCUT2D eigenvalue weighted by atomic mass is 9.95. The second kappa shape index (κ2) is 10.0. The summed E-state index contributed by atoms with van der Waals surface area (Å²) >= 11 is 0.869. The lowest BCUT2D eigenvalue weighted by Crippen LogP contribution is -2.31. The van der Waals surface area contributed by atoms with Gasteiger partial charge in [0.25, 0.3) is 5.91 Å². The van der Waals surface area contributed by atoms with Crippen molar-refractivity contribution >= 4 is 40.2 Å². The van der Waals surface area contributed by atoms with E-state index in [1.165, 1.54) is 24.3 Å². The molecule has 0 saturated carbocycles. The molecule has 1 aliphatic heterocycles. The zero-order valence-corrected chi connectivity index (χ0v) is 19.7. The topological polar surface area (TPSA) is 96.8 Å². The molecule has 1 aliphatic rings. The Labute approximate surface area is 204 Å². The maximum Gasteiger partial charge on any atom is 0.350 e. The number of esters is 1. The van der Waals surface area contributed by atoms with Crippen LogP contribution in [0.3, 0.4) is 0 Å². The first-order valence-corrected chi connectivity index (χ1v) is 11.6. The van der Waals surface area contributed by atoms with Gasteiger partial charge in [0.05, 0.1) is 17.9 Å². The number of amides is 1. The number of nitrogens with zero attached hydrogens (tertiary/aromatic N) is 2. The van der Waals surface area contributed by atoms with Gasteiger partial charge in [0.15, 0.2) is 16.7 Å². The Kier molecular flexibility index (Phi) is 6.88. The highest BCUT2D eigenvalue weighted by Crippen LogP contribution is 2.43. The van der Waals surface area contributed by atoms with Crippen LogP contribution in [0.15, 0.2) is 72.0 Å². The molecule has 2 aromatic carbocycles. The fourth-order valence-corrected chi connectivity index (χ4v) is 4.73. The van der Waals surface area contributed by atoms with Crippen LogP contribution in [0.4, 0.5) is 9.52 Å². The Morgan fingerprint density at radius 3 is 2.54 bits per heavy atom. The number of aromatic nitrogens is 1. The van der Waals surface area contributed by atoms with Crippen molar-refractivity contribution in [2.45, 2.75) is 19.9 Å². The van der Waals surface area contributed by atoms with E-state index in [0.29, 0.717) is 5.69 Å². The van der Waals surface area contributed by atoms with Crippen LogP contribution in [0.1, 0.15) is 39.5 Å². The standard InChI is InChI=1S/C26H21FN2O5S/c1-3-34-25(33)23-15(2)28-26(35-23)29-21(17-11-7-8-12-18(17)27)20(22(31)24(29)32)19(30)14-13-16-9-5-4-6-10-16/h4-14,21,31H,3H2,1-2H3/b14-13+. The normalized spacial score (nSPS) is 15.8. The number of aliphatic hydroxyl groups excluding tert-OH is 1. The van der Waals surface area contributed by atoms with E-state index in [1.54, 1.807) is 50.3 Å². The van der Waals surface area contributed by atoms with Gasteiger partial charge in [-0.15, -0.1) is 0 Å². The molecule has 0 saturated heterocycles. The molecule has 7 nitrogen and oxygen atoms in total. The molecule has 0 bridgehead atoms. The summed E-state index contributed by atoms with van der Waals surface area (Å²) in [5, 5.41) is 10.8. The monoisotopic (exact) mass is 492 g/mol. The molecule has 1 N–H and O–H groups in total. The number of allylic oxidation sites excluding steroid dienone is 1. The molecule has 9 heteroatoms. The number of carbonyl (C=O) groups is 3. The van der Waals surface area contributed by atoms with E-state index >= 15 is 0 Å². The van der Waals surface area contributed by atoms with Gasteiger partial charge in [-0.3, -0.25) is 14.5 Å². The summed E-state index contributed by atoms with van der Waals surface area (Å²) in [4.78, 5) is 44.2. The molecule has 178 valence electrons. The van der Waals surface area contributed by atoms with Gasteiger partial charge in [-0.1, -0.05) is 65.9 Å². The summed E-state index contributed by atoms with van der Waals surface area (Å²) in [6.45, 7) is 3.39. The number of thiazole rings is 1. The zero-order chi connectivity index (χ0) is 25.1. The van der Waals surface area contributed by atoms with Gasteiger partial charge in [0, 0.05) is 5.56 Å². The van der Waals surface area contributed by atoms with Gasteiger partial charge in [-0.05, 0) is 31.6 Å². The van der Waals surface area contributed by atoms with Gasteiger partial charge in [-0.25, -0.2) is 14.2 Å². The molecule has 0 radical (unpaired) electrons. The third-order valence-corrected chi connectivity index (χ3v) is 6.49. The number of hydrogen-bond donors (Lipinski definition) is 1. The number of benzene rings is 2. The van der Waals surface area contributed by atoms with E-state index in [0.717, 1.165) is 21.8 Å². The van der Waals surface area contributed by atoms with Gasteiger partial charge in [0.1, 0.15) is 16.7 Å². The number of carbonyl (C=O) groups excluding carboxylic acids is 3. The molecule has 4 rings (SSSR count). The summed E-state index contributed by atoms with van der Waals surface area (Å²) in [5.74, 6) is -3.65. The molecular weight excluding hydrogens is 471 g/mol. The number of halogens is 1. The second-order valence-corrected chi connectivity index (χ2v) is 8.58. The number of aryl methyl sites for hydroxylation is 1. The number of hydrogen-bond acceptors (Lipinski definition) is 7. The number of aliphatic hydroxyl groups is 1. The average molecular weight is 493 g/mol. The number of rotatable bonds is 7. The Morgan fingerprint density at radius 1 is 1.17 bits per heavy atom. The number of ether oxygens (including phenoxy) is 1. The van der Waals surface area contributed by atoms with Gasteiger partial charge in [-0.2, -0.15) is 0 Å². The summed E-state index contributed by atoms with van der Waals surface area (Å²) in [6, 6.07) is 13.4. The molecule has 3 aromatic rings. The van der Waals surface area contributed by atoms with Crippen molar-refractivity contribution in [2.75, 3.05) is 11.5 Å². The summed E-state index contributed by atoms with van der Waals surface area (Å²) in [5.41, 5.74) is 0.774. The third-order valence-electron chi connectivity index (χ3n) is 5.35. The molecule has 0 fully saturated rings. The van der Waals surface area contributed by atoms with E-state index in [1.807, 2.05) is 6.07 Å². The molecule has 1 unspecified atom stereocenters. The minimum absolute atomic E-state index is 0.00639. The number of ketones is 1. The highest BCUT2D eigenvalue weighted by molar-refractivity contribution is 7.17. The molecule has 1 atom stereocenters. The summed E-state index contributed by atoms with van der Waals surface area (Å²) in [7, 11) is 0. The lowest BCUT2D eigenvalue weighted by molar-refractivity contribution is -0.117. The van der Waals surface area contributed by atoms with Crippen molar-refractivity contribution in [3.05, 3.63) is 99.5 Å². The van der Waals surface area contributed by atoms with Gasteiger partial charge in [0.2, 0.25) is 0 Å². The largest absolute Gasteiger partial charge is 0.503 e. The molecule has 0 aliphatic carbocycles.